The van der Waals surface area contributed by atoms with Gasteiger partial charge in [0.05, 0.1) is 0 Å². The van der Waals surface area contributed by atoms with E-state index in [1.807, 2.05) is 13.1 Å². The smallest absolute Gasteiger partial charge is 0.113 e. The van der Waals surface area contributed by atoms with Crippen LogP contribution in [0.3, 0.4) is 0 Å². The topological polar surface area (TPSA) is 56.8 Å². The van der Waals surface area contributed by atoms with Crippen LogP contribution in [0, 0.1) is 0 Å². The maximum atomic E-state index is 4.08. The number of fused-ring (bicyclic) bond motifs is 1. The lowest BCUT2D eigenvalue weighted by Crippen LogP contribution is -2.26. The molecule has 0 bridgehead atoms. The minimum atomic E-state index is 0.918. The minimum Gasteiger partial charge on any atom is -0.318 e. The van der Waals surface area contributed by atoms with E-state index in [2.05, 4.69) is 44.8 Å². The first-order valence-corrected chi connectivity index (χ1v) is 5.42. The molecule has 1 heterocycles. The Morgan fingerprint density at radius 3 is 2.94 bits per heavy atom. The monoisotopic (exact) mass is 219 g/mol. The second-order valence-corrected chi connectivity index (χ2v) is 3.99. The van der Waals surface area contributed by atoms with Crippen molar-refractivity contribution in [2.24, 2.45) is 0 Å². The Hall–Kier alpha value is -1.46. The highest BCUT2D eigenvalue weighted by Crippen LogP contribution is 2.11. The largest absolute Gasteiger partial charge is 0.318 e. The Kier molecular flexibility index (Phi) is 3.48. The van der Waals surface area contributed by atoms with Crippen LogP contribution in [0.4, 0.5) is 0 Å². The number of aromatic amines is 1. The number of benzene rings is 1. The highest BCUT2D eigenvalue weighted by molar-refractivity contribution is 5.74. The van der Waals surface area contributed by atoms with Gasteiger partial charge < -0.3 is 10.2 Å². The molecule has 0 unspecified atom stereocenters. The van der Waals surface area contributed by atoms with Gasteiger partial charge in [-0.05, 0) is 31.8 Å². The third-order valence-electron chi connectivity index (χ3n) is 2.58. The van der Waals surface area contributed by atoms with E-state index >= 15 is 0 Å². The SMILES string of the molecule is CNCCN(C)Cc1ccc2n[nH]nc2c1. The van der Waals surface area contributed by atoms with E-state index in [9.17, 15) is 0 Å². The second kappa shape index (κ2) is 5.05. The summed E-state index contributed by atoms with van der Waals surface area (Å²) in [5.74, 6) is 0. The average Bonchev–Trinajstić information content (AvgIpc) is 2.73. The molecule has 2 rings (SSSR count). The fourth-order valence-corrected chi connectivity index (χ4v) is 1.68. The van der Waals surface area contributed by atoms with Gasteiger partial charge in [0.15, 0.2) is 0 Å². The summed E-state index contributed by atoms with van der Waals surface area (Å²) >= 11 is 0. The number of likely N-dealkylation sites (N-methyl/N-ethyl adjacent to an activating group) is 2. The zero-order valence-corrected chi connectivity index (χ0v) is 9.70. The first kappa shape index (κ1) is 11.0. The number of nitrogens with zero attached hydrogens (tertiary/aromatic N) is 3. The molecule has 0 radical (unpaired) electrons. The van der Waals surface area contributed by atoms with Crippen LogP contribution in [-0.2, 0) is 6.54 Å². The summed E-state index contributed by atoms with van der Waals surface area (Å²) in [6, 6.07) is 6.18. The molecule has 1 aromatic carbocycles. The van der Waals surface area contributed by atoms with Gasteiger partial charge >= 0.3 is 0 Å². The average molecular weight is 219 g/mol. The molecule has 0 amide bonds. The minimum absolute atomic E-state index is 0.918. The molecule has 0 saturated carbocycles. The van der Waals surface area contributed by atoms with Crippen molar-refractivity contribution in [3.8, 4) is 0 Å². The maximum absolute atomic E-state index is 4.08. The van der Waals surface area contributed by atoms with Crippen molar-refractivity contribution in [3.05, 3.63) is 23.8 Å². The lowest BCUT2D eigenvalue weighted by Gasteiger charge is -2.16. The van der Waals surface area contributed by atoms with E-state index in [4.69, 9.17) is 0 Å². The summed E-state index contributed by atoms with van der Waals surface area (Å²) in [6.07, 6.45) is 0. The van der Waals surface area contributed by atoms with Crippen LogP contribution in [0.15, 0.2) is 18.2 Å². The van der Waals surface area contributed by atoms with E-state index in [0.717, 1.165) is 30.7 Å². The third kappa shape index (κ3) is 2.56. The molecule has 5 nitrogen and oxygen atoms in total. The van der Waals surface area contributed by atoms with E-state index in [1.165, 1.54) is 5.56 Å². The molecule has 16 heavy (non-hydrogen) atoms. The van der Waals surface area contributed by atoms with E-state index in [0.29, 0.717) is 0 Å². The number of aromatic nitrogens is 3. The number of hydrogen-bond acceptors (Lipinski definition) is 4. The highest BCUT2D eigenvalue weighted by Gasteiger charge is 2.02. The zero-order valence-electron chi connectivity index (χ0n) is 9.70. The molecule has 0 atom stereocenters. The molecule has 0 fully saturated rings. The fourth-order valence-electron chi connectivity index (χ4n) is 1.68. The predicted molar refractivity (Wildman–Crippen MR) is 64.1 cm³/mol. The Morgan fingerprint density at radius 2 is 2.12 bits per heavy atom. The molecular weight excluding hydrogens is 202 g/mol. The first-order chi connectivity index (χ1) is 7.79. The molecule has 0 aliphatic carbocycles. The molecule has 1 aromatic heterocycles. The van der Waals surface area contributed by atoms with Crippen LogP contribution in [0.2, 0.25) is 0 Å². The summed E-state index contributed by atoms with van der Waals surface area (Å²) < 4.78 is 0. The molecule has 2 N–H and O–H groups in total. The van der Waals surface area contributed by atoms with Gasteiger partial charge in [0.1, 0.15) is 11.0 Å². The third-order valence-corrected chi connectivity index (χ3v) is 2.58. The van der Waals surface area contributed by atoms with Crippen LogP contribution >= 0.6 is 0 Å². The second-order valence-electron chi connectivity index (χ2n) is 3.99. The van der Waals surface area contributed by atoms with Crippen LogP contribution in [-0.4, -0.2) is 47.5 Å². The van der Waals surface area contributed by atoms with Gasteiger partial charge in [0, 0.05) is 19.6 Å². The molecule has 0 aliphatic rings. The molecular formula is C11H17N5. The van der Waals surface area contributed by atoms with Gasteiger partial charge in [-0.15, -0.1) is 0 Å². The summed E-state index contributed by atoms with van der Waals surface area (Å²) in [5.41, 5.74) is 3.11. The lowest BCUT2D eigenvalue weighted by atomic mass is 10.2. The van der Waals surface area contributed by atoms with Crippen molar-refractivity contribution in [1.82, 2.24) is 25.6 Å². The van der Waals surface area contributed by atoms with Crippen LogP contribution in [0.25, 0.3) is 11.0 Å². The molecule has 5 heteroatoms. The molecule has 0 aliphatic heterocycles. The van der Waals surface area contributed by atoms with Gasteiger partial charge in [-0.3, -0.25) is 0 Å². The van der Waals surface area contributed by atoms with Gasteiger partial charge in [-0.2, -0.15) is 15.4 Å². The van der Waals surface area contributed by atoms with Crippen LogP contribution in [0.5, 0.6) is 0 Å². The summed E-state index contributed by atoms with van der Waals surface area (Å²) in [6.45, 7) is 2.97. The van der Waals surface area contributed by atoms with Gasteiger partial charge in [0.2, 0.25) is 0 Å². The van der Waals surface area contributed by atoms with Gasteiger partial charge in [0.25, 0.3) is 0 Å². The molecule has 0 spiro atoms. The number of nitrogens with one attached hydrogen (secondary N) is 2. The van der Waals surface area contributed by atoms with E-state index in [-0.39, 0.29) is 0 Å². The van der Waals surface area contributed by atoms with E-state index < -0.39 is 0 Å². The van der Waals surface area contributed by atoms with Gasteiger partial charge in [-0.25, -0.2) is 0 Å². The van der Waals surface area contributed by atoms with Crippen molar-refractivity contribution in [1.29, 1.82) is 0 Å². The number of hydrogen-bond donors (Lipinski definition) is 2. The number of rotatable bonds is 5. The molecule has 2 aromatic rings. The normalized spacial score (nSPS) is 11.4. The highest BCUT2D eigenvalue weighted by atomic mass is 15.3. The Bertz CT molecular complexity index is 450. The summed E-state index contributed by atoms with van der Waals surface area (Å²) in [7, 11) is 4.08. The fraction of sp³-hybridized carbons (Fsp3) is 0.455. The van der Waals surface area contributed by atoms with Crippen LogP contribution < -0.4 is 5.32 Å². The predicted octanol–water partition coefficient (Wildman–Crippen LogP) is 0.609. The van der Waals surface area contributed by atoms with Crippen LogP contribution in [0.1, 0.15) is 5.56 Å². The van der Waals surface area contributed by atoms with Crippen molar-refractivity contribution in [2.45, 2.75) is 6.54 Å². The van der Waals surface area contributed by atoms with Crippen molar-refractivity contribution in [3.63, 3.8) is 0 Å². The van der Waals surface area contributed by atoms with E-state index in [1.54, 1.807) is 0 Å². The maximum Gasteiger partial charge on any atom is 0.113 e. The molecule has 0 saturated heterocycles. The first-order valence-electron chi connectivity index (χ1n) is 5.42. The van der Waals surface area contributed by atoms with Crippen molar-refractivity contribution >= 4 is 11.0 Å². The van der Waals surface area contributed by atoms with Gasteiger partial charge in [-0.1, -0.05) is 6.07 Å². The Morgan fingerprint density at radius 1 is 1.31 bits per heavy atom. The summed E-state index contributed by atoms with van der Waals surface area (Å²) in [4.78, 5) is 2.28. The zero-order chi connectivity index (χ0) is 11.4. The lowest BCUT2D eigenvalue weighted by molar-refractivity contribution is 0.328. The van der Waals surface area contributed by atoms with Crippen molar-refractivity contribution < 1.29 is 0 Å². The quantitative estimate of drug-likeness (QED) is 0.773. The summed E-state index contributed by atoms with van der Waals surface area (Å²) in [5, 5.41) is 13.9. The Balaban J connectivity index is 2.03. The Labute approximate surface area is 94.8 Å². The molecule has 86 valence electrons. The van der Waals surface area contributed by atoms with Crippen molar-refractivity contribution in [2.75, 3.05) is 27.2 Å². The standard InChI is InChI=1S/C11H17N5/c1-12-5-6-16(2)8-9-3-4-10-11(7-9)14-15-13-10/h3-4,7,12H,5-6,8H2,1-2H3,(H,13,14,15). The number of H-pyrrole nitrogens is 1.